The van der Waals surface area contributed by atoms with Gasteiger partial charge in [-0.2, -0.15) is 0 Å². The molecule has 2 aromatic carbocycles. The van der Waals surface area contributed by atoms with Gasteiger partial charge >= 0.3 is 5.97 Å². The van der Waals surface area contributed by atoms with Gasteiger partial charge in [0.05, 0.1) is 11.4 Å². The van der Waals surface area contributed by atoms with Crippen molar-refractivity contribution in [1.82, 2.24) is 4.57 Å². The highest BCUT2D eigenvalue weighted by molar-refractivity contribution is 9.10. The quantitative estimate of drug-likeness (QED) is 0.527. The Hall–Kier alpha value is -2.80. The molecule has 0 aliphatic heterocycles. The zero-order chi connectivity index (χ0) is 21.3. The molecule has 1 unspecified atom stereocenters. The number of aromatic nitrogens is 1. The molecule has 7 heteroatoms. The average Bonchev–Trinajstić information content (AvgIpc) is 2.87. The summed E-state index contributed by atoms with van der Waals surface area (Å²) in [6.45, 7) is 0.208. The second-order valence-electron chi connectivity index (χ2n) is 7.61. The molecule has 0 fully saturated rings. The third kappa shape index (κ3) is 3.94. The lowest BCUT2D eigenvalue weighted by Crippen LogP contribution is -2.21. The van der Waals surface area contributed by atoms with Gasteiger partial charge in [0.1, 0.15) is 5.75 Å². The van der Waals surface area contributed by atoms with Gasteiger partial charge in [-0.1, -0.05) is 40.5 Å². The van der Waals surface area contributed by atoms with Crippen molar-refractivity contribution in [2.75, 3.05) is 6.61 Å². The van der Waals surface area contributed by atoms with E-state index in [-0.39, 0.29) is 5.91 Å². The molecular weight excluding hydrogens is 448 g/mol. The first kappa shape index (κ1) is 20.5. The van der Waals surface area contributed by atoms with Gasteiger partial charge < -0.3 is 20.1 Å². The van der Waals surface area contributed by atoms with E-state index in [1.807, 2.05) is 24.3 Å². The number of carbonyl (C=O) groups is 2. The van der Waals surface area contributed by atoms with Crippen molar-refractivity contribution in [2.24, 2.45) is 5.73 Å². The van der Waals surface area contributed by atoms with E-state index in [1.165, 1.54) is 0 Å². The Morgan fingerprint density at radius 2 is 1.93 bits per heavy atom. The molecule has 0 spiro atoms. The predicted molar refractivity (Wildman–Crippen MR) is 118 cm³/mol. The maximum atomic E-state index is 12.4. The van der Waals surface area contributed by atoms with Gasteiger partial charge in [0, 0.05) is 22.1 Å². The molecule has 1 aliphatic carbocycles. The Balaban J connectivity index is 1.93. The number of halogens is 1. The number of fused-ring (bicyclic) bond motifs is 3. The van der Waals surface area contributed by atoms with Gasteiger partial charge in [-0.3, -0.25) is 4.79 Å². The highest BCUT2D eigenvalue weighted by Crippen LogP contribution is 2.42. The summed E-state index contributed by atoms with van der Waals surface area (Å²) in [5, 5.41) is 9.89. The number of benzene rings is 2. The van der Waals surface area contributed by atoms with Crippen LogP contribution in [-0.4, -0.2) is 28.2 Å². The fourth-order valence-corrected chi connectivity index (χ4v) is 4.64. The van der Waals surface area contributed by atoms with E-state index in [0.717, 1.165) is 51.5 Å². The van der Waals surface area contributed by atoms with Crippen LogP contribution in [-0.2, 0) is 22.6 Å². The minimum atomic E-state index is -1.04. The van der Waals surface area contributed by atoms with E-state index in [2.05, 4.69) is 32.6 Å². The molecule has 3 N–H and O–H groups in total. The summed E-state index contributed by atoms with van der Waals surface area (Å²) >= 11 is 3.47. The summed E-state index contributed by atoms with van der Waals surface area (Å²) in [5.74, 6) is -1.33. The van der Waals surface area contributed by atoms with Crippen LogP contribution in [0.15, 0.2) is 46.9 Å². The number of ether oxygens (including phenoxy) is 1. The van der Waals surface area contributed by atoms with Crippen LogP contribution in [0.3, 0.4) is 0 Å². The minimum Gasteiger partial charge on any atom is -0.481 e. The maximum Gasteiger partial charge on any atom is 0.341 e. The number of aliphatic carboxylic acids is 1. The smallest absolute Gasteiger partial charge is 0.341 e. The number of carboxylic acids is 1. The summed E-state index contributed by atoms with van der Waals surface area (Å²) in [5.41, 5.74) is 9.85. The summed E-state index contributed by atoms with van der Waals surface area (Å²) < 4.78 is 8.86. The number of nitrogens with two attached hydrogens (primary N) is 1. The van der Waals surface area contributed by atoms with Gasteiger partial charge in [0.25, 0.3) is 0 Å². The molecule has 0 bridgehead atoms. The number of carboxylic acid groups (broad SMARTS) is 1. The molecule has 1 amide bonds. The van der Waals surface area contributed by atoms with Gasteiger partial charge in [-0.25, -0.2) is 4.79 Å². The van der Waals surface area contributed by atoms with Crippen LogP contribution in [0.2, 0.25) is 0 Å². The number of carbonyl (C=O) groups excluding carboxylic acids is 1. The zero-order valence-electron chi connectivity index (χ0n) is 16.4. The minimum absolute atomic E-state index is 0.353. The van der Waals surface area contributed by atoms with Gasteiger partial charge in [0.2, 0.25) is 5.91 Å². The molecule has 6 nitrogen and oxygen atoms in total. The number of amides is 1. The van der Waals surface area contributed by atoms with Crippen molar-refractivity contribution in [3.63, 3.8) is 0 Å². The van der Waals surface area contributed by atoms with E-state index in [4.69, 9.17) is 15.6 Å². The molecular formula is C23H23BrN2O4. The number of primary amides is 1. The molecule has 1 aromatic heterocycles. The molecule has 30 heavy (non-hydrogen) atoms. The molecule has 156 valence electrons. The SMILES string of the molecule is NC(=O)C1CCCCc2c1c1c(OCC(=O)O)cccc1n2Cc1ccc(Br)cc1. The van der Waals surface area contributed by atoms with Crippen molar-refractivity contribution in [1.29, 1.82) is 0 Å². The first-order valence-electron chi connectivity index (χ1n) is 9.98. The lowest BCUT2D eigenvalue weighted by atomic mass is 9.92. The second-order valence-corrected chi connectivity index (χ2v) is 8.52. The van der Waals surface area contributed by atoms with Gasteiger partial charge in [-0.15, -0.1) is 0 Å². The van der Waals surface area contributed by atoms with Crippen molar-refractivity contribution in [3.05, 3.63) is 63.8 Å². The molecule has 0 radical (unpaired) electrons. The molecule has 3 aromatic rings. The topological polar surface area (TPSA) is 94.6 Å². The Kier molecular flexibility index (Phi) is 5.81. The van der Waals surface area contributed by atoms with Crippen LogP contribution in [0.4, 0.5) is 0 Å². The van der Waals surface area contributed by atoms with Gasteiger partial charge in [0.15, 0.2) is 6.61 Å². The molecule has 1 aliphatic rings. The zero-order valence-corrected chi connectivity index (χ0v) is 18.0. The number of hydrogen-bond donors (Lipinski definition) is 2. The summed E-state index contributed by atoms with van der Waals surface area (Å²) in [6, 6.07) is 13.8. The summed E-state index contributed by atoms with van der Waals surface area (Å²) in [4.78, 5) is 23.5. The third-order valence-corrected chi connectivity index (χ3v) is 6.18. The summed E-state index contributed by atoms with van der Waals surface area (Å²) in [6.07, 6.45) is 3.41. The fraction of sp³-hybridized carbons (Fsp3) is 0.304. The predicted octanol–water partition coefficient (Wildman–Crippen LogP) is 4.21. The van der Waals surface area contributed by atoms with Crippen LogP contribution in [0.5, 0.6) is 5.75 Å². The standard InChI is InChI=1S/C23H23BrN2O4/c24-15-10-8-14(9-11-15)12-26-17-5-2-1-4-16(23(25)29)21(17)22-18(26)6-3-7-19(22)30-13-20(27)28/h3,6-11,16H,1-2,4-5,12-13H2,(H2,25,29)(H,27,28). The molecule has 0 saturated carbocycles. The lowest BCUT2D eigenvalue weighted by molar-refractivity contribution is -0.139. The Bertz CT molecular complexity index is 1100. The highest BCUT2D eigenvalue weighted by Gasteiger charge is 2.31. The van der Waals surface area contributed by atoms with Crippen molar-refractivity contribution < 1.29 is 19.4 Å². The van der Waals surface area contributed by atoms with Crippen molar-refractivity contribution in [3.8, 4) is 5.75 Å². The summed E-state index contributed by atoms with van der Waals surface area (Å²) in [7, 11) is 0. The van der Waals surface area contributed by atoms with Crippen LogP contribution in [0.25, 0.3) is 10.9 Å². The Morgan fingerprint density at radius 1 is 1.17 bits per heavy atom. The molecule has 0 saturated heterocycles. The van der Waals surface area contributed by atoms with E-state index < -0.39 is 18.5 Å². The van der Waals surface area contributed by atoms with E-state index in [1.54, 1.807) is 6.07 Å². The monoisotopic (exact) mass is 470 g/mol. The van der Waals surface area contributed by atoms with Crippen LogP contribution < -0.4 is 10.5 Å². The van der Waals surface area contributed by atoms with E-state index in [9.17, 15) is 9.59 Å². The number of hydrogen-bond acceptors (Lipinski definition) is 3. The van der Waals surface area contributed by atoms with Crippen molar-refractivity contribution in [2.45, 2.75) is 38.1 Å². The average molecular weight is 471 g/mol. The van der Waals surface area contributed by atoms with E-state index >= 15 is 0 Å². The maximum absolute atomic E-state index is 12.4. The second kappa shape index (κ2) is 8.52. The van der Waals surface area contributed by atoms with Crippen LogP contribution in [0.1, 0.15) is 42.0 Å². The third-order valence-electron chi connectivity index (χ3n) is 5.65. The highest BCUT2D eigenvalue weighted by atomic mass is 79.9. The van der Waals surface area contributed by atoms with Crippen LogP contribution in [0, 0.1) is 0 Å². The largest absolute Gasteiger partial charge is 0.481 e. The molecule has 1 heterocycles. The number of nitrogens with zero attached hydrogens (tertiary/aromatic N) is 1. The number of rotatable bonds is 6. The fourth-order valence-electron chi connectivity index (χ4n) is 4.38. The molecule has 1 atom stereocenters. The van der Waals surface area contributed by atoms with Crippen molar-refractivity contribution >= 4 is 38.7 Å². The van der Waals surface area contributed by atoms with Gasteiger partial charge in [-0.05, 0) is 54.7 Å². The normalized spacial score (nSPS) is 16.1. The van der Waals surface area contributed by atoms with Crippen LogP contribution >= 0.6 is 15.9 Å². The lowest BCUT2D eigenvalue weighted by Gasteiger charge is -2.14. The molecule has 4 rings (SSSR count). The first-order valence-corrected chi connectivity index (χ1v) is 10.8. The van der Waals surface area contributed by atoms with E-state index in [0.29, 0.717) is 18.7 Å². The first-order chi connectivity index (χ1) is 14.5. The Morgan fingerprint density at radius 3 is 2.63 bits per heavy atom. The Labute approximate surface area is 182 Å².